The van der Waals surface area contributed by atoms with Gasteiger partial charge in [0.25, 0.3) is 5.91 Å². The lowest BCUT2D eigenvalue weighted by Crippen LogP contribution is -2.34. The van der Waals surface area contributed by atoms with Crippen molar-refractivity contribution in [1.29, 1.82) is 0 Å². The summed E-state index contributed by atoms with van der Waals surface area (Å²) in [6, 6.07) is 13.4. The van der Waals surface area contributed by atoms with Crippen LogP contribution in [0.1, 0.15) is 13.3 Å². The minimum atomic E-state index is -0.616. The van der Waals surface area contributed by atoms with Crippen LogP contribution in [0, 0.1) is 0 Å². The number of hydrogen-bond acceptors (Lipinski definition) is 4. The van der Waals surface area contributed by atoms with Crippen molar-refractivity contribution in [1.82, 2.24) is 0 Å². The topological polar surface area (TPSA) is 58.6 Å². The zero-order chi connectivity index (χ0) is 17.1. The highest BCUT2D eigenvalue weighted by molar-refractivity contribution is 6.30. The zero-order valence-electron chi connectivity index (χ0n) is 13.2. The highest BCUT2D eigenvalue weighted by atomic mass is 35.5. The summed E-state index contributed by atoms with van der Waals surface area (Å²) in [6.07, 6.45) is 0.0991. The Kier molecular flexibility index (Phi) is 4.71. The molecule has 1 fully saturated rings. The normalized spacial score (nSPS) is 17.2. The van der Waals surface area contributed by atoms with E-state index in [4.69, 9.17) is 16.3 Å². The summed E-state index contributed by atoms with van der Waals surface area (Å²) in [6.45, 7) is 2.41. The van der Waals surface area contributed by atoms with Crippen molar-refractivity contribution in [3.05, 3.63) is 53.6 Å². The molecule has 0 aliphatic carbocycles. The third kappa shape index (κ3) is 3.21. The lowest BCUT2D eigenvalue weighted by Gasteiger charge is -2.17. The molecule has 1 aliphatic rings. The molecule has 1 saturated heterocycles. The van der Waals surface area contributed by atoms with Gasteiger partial charge in [-0.05, 0) is 43.3 Å². The van der Waals surface area contributed by atoms with E-state index < -0.39 is 6.04 Å². The second kappa shape index (κ2) is 6.93. The van der Waals surface area contributed by atoms with Gasteiger partial charge in [0.15, 0.2) is 0 Å². The van der Waals surface area contributed by atoms with E-state index in [-0.39, 0.29) is 18.2 Å². The molecule has 1 heterocycles. The first-order valence-corrected chi connectivity index (χ1v) is 8.08. The van der Waals surface area contributed by atoms with Gasteiger partial charge in [0.1, 0.15) is 11.8 Å². The fourth-order valence-corrected chi connectivity index (χ4v) is 2.79. The number of ether oxygens (including phenoxy) is 1. The number of hydrogen-bond donors (Lipinski definition) is 1. The summed E-state index contributed by atoms with van der Waals surface area (Å²) in [7, 11) is 0. The maximum atomic E-state index is 12.6. The van der Waals surface area contributed by atoms with Gasteiger partial charge in [0.2, 0.25) is 5.91 Å². The predicted molar refractivity (Wildman–Crippen MR) is 93.6 cm³/mol. The summed E-state index contributed by atoms with van der Waals surface area (Å²) in [5.41, 5.74) is 1.22. The first-order valence-electron chi connectivity index (χ1n) is 7.71. The van der Waals surface area contributed by atoms with Gasteiger partial charge in [-0.25, -0.2) is 4.90 Å². The van der Waals surface area contributed by atoms with Crippen molar-refractivity contribution in [3.8, 4) is 5.75 Å². The van der Waals surface area contributed by atoms with Gasteiger partial charge < -0.3 is 10.1 Å². The van der Waals surface area contributed by atoms with Gasteiger partial charge in [0.05, 0.1) is 24.4 Å². The highest BCUT2D eigenvalue weighted by Gasteiger charge is 2.39. The number of amides is 2. The number of benzene rings is 2. The molecule has 5 nitrogen and oxygen atoms in total. The molecule has 1 N–H and O–H groups in total. The minimum absolute atomic E-state index is 0.0991. The largest absolute Gasteiger partial charge is 0.492 e. The minimum Gasteiger partial charge on any atom is -0.492 e. The second-order valence-corrected chi connectivity index (χ2v) is 5.81. The SMILES string of the molecule is CCOc1ccccc1N[C@H]1CC(=O)N(c2ccc(Cl)cc2)C1=O. The quantitative estimate of drug-likeness (QED) is 0.844. The van der Waals surface area contributed by atoms with Crippen LogP contribution in [0.25, 0.3) is 0 Å². The Morgan fingerprint density at radius 3 is 2.58 bits per heavy atom. The molecular formula is C18H17ClN2O3. The van der Waals surface area contributed by atoms with E-state index in [2.05, 4.69) is 5.32 Å². The molecule has 2 aromatic carbocycles. The first-order chi connectivity index (χ1) is 11.6. The van der Waals surface area contributed by atoms with Gasteiger partial charge in [-0.3, -0.25) is 9.59 Å². The Hall–Kier alpha value is -2.53. The van der Waals surface area contributed by atoms with E-state index in [0.29, 0.717) is 28.8 Å². The summed E-state index contributed by atoms with van der Waals surface area (Å²) < 4.78 is 5.55. The van der Waals surface area contributed by atoms with Crippen molar-refractivity contribution >= 4 is 34.8 Å². The molecule has 0 radical (unpaired) electrons. The first kappa shape index (κ1) is 16.3. The molecule has 3 rings (SSSR count). The molecule has 0 unspecified atom stereocenters. The van der Waals surface area contributed by atoms with Gasteiger partial charge in [-0.2, -0.15) is 0 Å². The van der Waals surface area contributed by atoms with Crippen molar-refractivity contribution < 1.29 is 14.3 Å². The smallest absolute Gasteiger partial charge is 0.256 e. The molecule has 124 valence electrons. The second-order valence-electron chi connectivity index (χ2n) is 5.37. The Morgan fingerprint density at radius 2 is 1.88 bits per heavy atom. The van der Waals surface area contributed by atoms with E-state index in [1.165, 1.54) is 4.90 Å². The molecule has 2 aromatic rings. The summed E-state index contributed by atoms with van der Waals surface area (Å²) in [4.78, 5) is 26.1. The highest BCUT2D eigenvalue weighted by Crippen LogP contribution is 2.29. The fourth-order valence-electron chi connectivity index (χ4n) is 2.66. The molecule has 0 spiro atoms. The number of carbonyl (C=O) groups is 2. The third-order valence-electron chi connectivity index (χ3n) is 3.75. The van der Waals surface area contributed by atoms with Crippen LogP contribution in [0.2, 0.25) is 5.02 Å². The van der Waals surface area contributed by atoms with Crippen LogP contribution in [0.3, 0.4) is 0 Å². The number of nitrogens with one attached hydrogen (secondary N) is 1. The van der Waals surface area contributed by atoms with E-state index in [0.717, 1.165) is 0 Å². The van der Waals surface area contributed by atoms with Crippen molar-refractivity contribution in [3.63, 3.8) is 0 Å². The van der Waals surface area contributed by atoms with Crippen LogP contribution >= 0.6 is 11.6 Å². The lowest BCUT2D eigenvalue weighted by molar-refractivity contribution is -0.121. The van der Waals surface area contributed by atoms with Crippen LogP contribution in [0.4, 0.5) is 11.4 Å². The number of imide groups is 1. The molecule has 24 heavy (non-hydrogen) atoms. The van der Waals surface area contributed by atoms with Crippen LogP contribution in [0.15, 0.2) is 48.5 Å². The van der Waals surface area contributed by atoms with E-state index in [1.54, 1.807) is 24.3 Å². The third-order valence-corrected chi connectivity index (χ3v) is 4.00. The lowest BCUT2D eigenvalue weighted by atomic mass is 10.2. The number of rotatable bonds is 5. The van der Waals surface area contributed by atoms with Gasteiger partial charge in [0, 0.05) is 5.02 Å². The van der Waals surface area contributed by atoms with Crippen molar-refractivity contribution in [2.24, 2.45) is 0 Å². The van der Waals surface area contributed by atoms with Crippen LogP contribution in [-0.2, 0) is 9.59 Å². The molecule has 0 aromatic heterocycles. The van der Waals surface area contributed by atoms with Gasteiger partial charge in [-0.15, -0.1) is 0 Å². The number of anilines is 2. The molecule has 2 amide bonds. The van der Waals surface area contributed by atoms with Crippen molar-refractivity contribution in [2.75, 3.05) is 16.8 Å². The van der Waals surface area contributed by atoms with Crippen molar-refractivity contribution in [2.45, 2.75) is 19.4 Å². The Balaban J connectivity index is 1.81. The van der Waals surface area contributed by atoms with Crippen LogP contribution in [-0.4, -0.2) is 24.5 Å². The van der Waals surface area contributed by atoms with E-state index >= 15 is 0 Å². The predicted octanol–water partition coefficient (Wildman–Crippen LogP) is 3.48. The van der Waals surface area contributed by atoms with E-state index in [9.17, 15) is 9.59 Å². The molecule has 0 saturated carbocycles. The summed E-state index contributed by atoms with van der Waals surface area (Å²) in [5, 5.41) is 3.68. The molecular weight excluding hydrogens is 328 g/mol. The molecule has 1 aliphatic heterocycles. The summed E-state index contributed by atoms with van der Waals surface area (Å²) in [5.74, 6) is 0.132. The standard InChI is InChI=1S/C18H17ClN2O3/c1-2-24-16-6-4-3-5-14(16)20-15-11-17(22)21(18(15)23)13-9-7-12(19)8-10-13/h3-10,15,20H,2,11H2,1H3/t15-/m0/s1. The summed E-state index contributed by atoms with van der Waals surface area (Å²) >= 11 is 5.86. The maximum absolute atomic E-state index is 12.6. The Labute approximate surface area is 145 Å². The number of halogens is 1. The maximum Gasteiger partial charge on any atom is 0.256 e. The zero-order valence-corrected chi connectivity index (χ0v) is 13.9. The molecule has 1 atom stereocenters. The number of nitrogens with zero attached hydrogens (tertiary/aromatic N) is 1. The Morgan fingerprint density at radius 1 is 1.17 bits per heavy atom. The monoisotopic (exact) mass is 344 g/mol. The number of para-hydroxylation sites is 2. The average molecular weight is 345 g/mol. The van der Waals surface area contributed by atoms with Gasteiger partial charge in [-0.1, -0.05) is 23.7 Å². The van der Waals surface area contributed by atoms with Crippen LogP contribution < -0.4 is 15.0 Å². The van der Waals surface area contributed by atoms with Crippen LogP contribution in [0.5, 0.6) is 5.75 Å². The Bertz CT molecular complexity index is 761. The van der Waals surface area contributed by atoms with Gasteiger partial charge >= 0.3 is 0 Å². The fraction of sp³-hybridized carbons (Fsp3) is 0.222. The molecule has 0 bridgehead atoms. The number of carbonyl (C=O) groups excluding carboxylic acids is 2. The molecule has 6 heteroatoms. The average Bonchev–Trinajstić information content (AvgIpc) is 2.85. The van der Waals surface area contributed by atoms with E-state index in [1.807, 2.05) is 31.2 Å².